The summed E-state index contributed by atoms with van der Waals surface area (Å²) < 4.78 is 46.9. The van der Waals surface area contributed by atoms with E-state index in [1.807, 2.05) is 0 Å². The molecule has 1 fully saturated rings. The second kappa shape index (κ2) is 4.59. The lowest BCUT2D eigenvalue weighted by molar-refractivity contribution is 0.267. The third-order valence-electron chi connectivity index (χ3n) is 3.03. The second-order valence-electron chi connectivity index (χ2n) is 4.45. The number of sulfone groups is 1. The van der Waals surface area contributed by atoms with Crippen molar-refractivity contribution >= 4 is 19.9 Å². The van der Waals surface area contributed by atoms with Gasteiger partial charge in [0.05, 0.1) is 17.8 Å². The maximum Gasteiger partial charge on any atom is 0.208 e. The highest BCUT2D eigenvalue weighted by atomic mass is 32.2. The zero-order valence-electron chi connectivity index (χ0n) is 9.27. The van der Waals surface area contributed by atoms with Crippen LogP contribution in [0.4, 0.5) is 0 Å². The van der Waals surface area contributed by atoms with Crippen LogP contribution >= 0.6 is 0 Å². The summed E-state index contributed by atoms with van der Waals surface area (Å²) in [7, 11) is -6.21. The summed E-state index contributed by atoms with van der Waals surface area (Å²) in [6, 6.07) is 0. The molecule has 0 bridgehead atoms. The molecular formula is C8H18N2O4S2. The number of hydrogen-bond acceptors (Lipinski definition) is 5. The molecule has 0 unspecified atom stereocenters. The first-order valence-corrected chi connectivity index (χ1v) is 8.75. The van der Waals surface area contributed by atoms with Crippen LogP contribution in [0.25, 0.3) is 0 Å². The van der Waals surface area contributed by atoms with E-state index in [0.29, 0.717) is 19.4 Å². The van der Waals surface area contributed by atoms with Crippen molar-refractivity contribution in [2.24, 2.45) is 11.1 Å². The third-order valence-corrected chi connectivity index (χ3v) is 5.35. The van der Waals surface area contributed by atoms with Crippen LogP contribution in [0.5, 0.6) is 0 Å². The minimum absolute atomic E-state index is 0.0929. The molecule has 8 heteroatoms. The maximum absolute atomic E-state index is 11.3. The molecule has 0 saturated carbocycles. The van der Waals surface area contributed by atoms with E-state index >= 15 is 0 Å². The van der Waals surface area contributed by atoms with Crippen LogP contribution in [-0.2, 0) is 19.9 Å². The van der Waals surface area contributed by atoms with Crippen LogP contribution in [0, 0.1) is 5.41 Å². The summed E-state index contributed by atoms with van der Waals surface area (Å²) in [6.45, 7) is 0.517. The molecule has 3 N–H and O–H groups in total. The summed E-state index contributed by atoms with van der Waals surface area (Å²) in [4.78, 5) is 0. The fraction of sp³-hybridized carbons (Fsp3) is 1.00. The van der Waals surface area contributed by atoms with Gasteiger partial charge in [-0.25, -0.2) is 21.6 Å². The Morgan fingerprint density at radius 3 is 2.19 bits per heavy atom. The Labute approximate surface area is 96.6 Å². The zero-order chi connectivity index (χ0) is 12.4. The van der Waals surface area contributed by atoms with E-state index in [1.54, 1.807) is 0 Å². The van der Waals surface area contributed by atoms with Crippen LogP contribution < -0.4 is 10.5 Å². The highest BCUT2D eigenvalue weighted by molar-refractivity contribution is 7.91. The lowest BCUT2D eigenvalue weighted by Gasteiger charge is -2.35. The van der Waals surface area contributed by atoms with E-state index in [2.05, 4.69) is 4.72 Å². The van der Waals surface area contributed by atoms with E-state index in [9.17, 15) is 16.8 Å². The van der Waals surface area contributed by atoms with Crippen molar-refractivity contribution in [2.45, 2.75) is 12.8 Å². The number of nitrogens with two attached hydrogens (primary N) is 1. The molecule has 1 rings (SSSR count). The summed E-state index contributed by atoms with van der Waals surface area (Å²) in [5.41, 5.74) is 5.22. The Bertz CT molecular complexity index is 427. The first-order chi connectivity index (χ1) is 7.18. The average Bonchev–Trinajstić information content (AvgIpc) is 2.16. The molecule has 0 spiro atoms. The zero-order valence-corrected chi connectivity index (χ0v) is 10.9. The van der Waals surface area contributed by atoms with Crippen molar-refractivity contribution in [1.82, 2.24) is 4.72 Å². The van der Waals surface area contributed by atoms with Gasteiger partial charge in [-0.3, -0.25) is 0 Å². The quantitative estimate of drug-likeness (QED) is 0.659. The molecule has 0 aromatic heterocycles. The molecule has 0 aliphatic carbocycles. The van der Waals surface area contributed by atoms with E-state index in [-0.39, 0.29) is 18.1 Å². The van der Waals surface area contributed by atoms with Crippen LogP contribution in [0.15, 0.2) is 0 Å². The largest absolute Gasteiger partial charge is 0.330 e. The topological polar surface area (TPSA) is 106 Å². The predicted octanol–water partition coefficient (Wildman–Crippen LogP) is -1.31. The van der Waals surface area contributed by atoms with Crippen molar-refractivity contribution in [3.63, 3.8) is 0 Å². The summed E-state index contributed by atoms with van der Waals surface area (Å²) in [6.07, 6.45) is 1.93. The molecule has 16 heavy (non-hydrogen) atoms. The molecule has 96 valence electrons. The average molecular weight is 270 g/mol. The molecule has 0 amide bonds. The maximum atomic E-state index is 11.3. The van der Waals surface area contributed by atoms with Crippen molar-refractivity contribution in [3.05, 3.63) is 0 Å². The Kier molecular flexibility index (Phi) is 3.99. The molecule has 0 atom stereocenters. The predicted molar refractivity (Wildman–Crippen MR) is 62.2 cm³/mol. The van der Waals surface area contributed by atoms with Crippen molar-refractivity contribution < 1.29 is 16.8 Å². The standard InChI is InChI=1S/C8H18N2O4S2/c1-15(11,12)10-7-8(6-9)2-4-16(13,14)5-3-8/h10H,2-7,9H2,1H3. The van der Waals surface area contributed by atoms with Crippen molar-refractivity contribution in [1.29, 1.82) is 0 Å². The minimum atomic E-state index is -3.26. The fourth-order valence-corrected chi connectivity index (χ4v) is 3.97. The van der Waals surface area contributed by atoms with Crippen molar-refractivity contribution in [3.8, 4) is 0 Å². The highest BCUT2D eigenvalue weighted by Gasteiger charge is 2.36. The molecule has 0 radical (unpaired) electrons. The van der Waals surface area contributed by atoms with E-state index < -0.39 is 25.3 Å². The molecule has 0 aromatic carbocycles. The Balaban J connectivity index is 2.67. The molecule has 6 nitrogen and oxygen atoms in total. The fourth-order valence-electron chi connectivity index (χ4n) is 1.71. The van der Waals surface area contributed by atoms with E-state index in [0.717, 1.165) is 6.26 Å². The number of hydrogen-bond donors (Lipinski definition) is 2. The van der Waals surface area contributed by atoms with Gasteiger partial charge in [0.15, 0.2) is 0 Å². The van der Waals surface area contributed by atoms with Gasteiger partial charge in [0, 0.05) is 6.54 Å². The van der Waals surface area contributed by atoms with Gasteiger partial charge in [0.25, 0.3) is 0 Å². The normalized spacial score (nSPS) is 24.1. The smallest absolute Gasteiger partial charge is 0.208 e. The highest BCUT2D eigenvalue weighted by Crippen LogP contribution is 2.30. The van der Waals surface area contributed by atoms with Gasteiger partial charge in [-0.15, -0.1) is 0 Å². The Hall–Kier alpha value is -0.180. The van der Waals surface area contributed by atoms with Gasteiger partial charge in [0.2, 0.25) is 10.0 Å². The van der Waals surface area contributed by atoms with E-state index in [4.69, 9.17) is 5.73 Å². The first-order valence-electron chi connectivity index (χ1n) is 5.03. The van der Waals surface area contributed by atoms with Gasteiger partial charge < -0.3 is 5.73 Å². The number of rotatable bonds is 4. The number of nitrogens with one attached hydrogen (secondary N) is 1. The van der Waals surface area contributed by atoms with Gasteiger partial charge >= 0.3 is 0 Å². The SMILES string of the molecule is CS(=O)(=O)NCC1(CN)CCS(=O)(=O)CC1. The lowest BCUT2D eigenvalue weighted by atomic mass is 9.82. The minimum Gasteiger partial charge on any atom is -0.330 e. The van der Waals surface area contributed by atoms with Gasteiger partial charge in [-0.05, 0) is 24.8 Å². The van der Waals surface area contributed by atoms with Gasteiger partial charge in [-0.2, -0.15) is 0 Å². The monoisotopic (exact) mass is 270 g/mol. The molecule has 1 aliphatic heterocycles. The van der Waals surface area contributed by atoms with Crippen LogP contribution in [0.1, 0.15) is 12.8 Å². The third kappa shape index (κ3) is 4.00. The second-order valence-corrected chi connectivity index (χ2v) is 8.59. The summed E-state index contributed by atoms with van der Waals surface area (Å²) in [5, 5.41) is 0. The molecule has 1 heterocycles. The Morgan fingerprint density at radius 1 is 1.31 bits per heavy atom. The summed E-state index contributed by atoms with van der Waals surface area (Å²) >= 11 is 0. The summed E-state index contributed by atoms with van der Waals surface area (Å²) in [5.74, 6) is 0.186. The molecular weight excluding hydrogens is 252 g/mol. The number of sulfonamides is 1. The first kappa shape index (κ1) is 13.9. The van der Waals surface area contributed by atoms with Crippen molar-refractivity contribution in [2.75, 3.05) is 30.9 Å². The van der Waals surface area contributed by atoms with Crippen LogP contribution in [0.2, 0.25) is 0 Å². The Morgan fingerprint density at radius 2 is 1.81 bits per heavy atom. The van der Waals surface area contributed by atoms with Gasteiger partial charge in [-0.1, -0.05) is 0 Å². The lowest BCUT2D eigenvalue weighted by Crippen LogP contribution is -2.47. The molecule has 1 aliphatic rings. The van der Waals surface area contributed by atoms with Gasteiger partial charge in [0.1, 0.15) is 9.84 Å². The molecule has 0 aromatic rings. The van der Waals surface area contributed by atoms with Crippen LogP contribution in [-0.4, -0.2) is 47.7 Å². The van der Waals surface area contributed by atoms with Crippen LogP contribution in [0.3, 0.4) is 0 Å². The van der Waals surface area contributed by atoms with E-state index in [1.165, 1.54) is 0 Å². The molecule has 1 saturated heterocycles.